The molecule has 1 unspecified atom stereocenters. The highest BCUT2D eigenvalue weighted by atomic mass is 16.6. The first-order valence-corrected chi connectivity index (χ1v) is 13.2. The van der Waals surface area contributed by atoms with E-state index in [0.717, 1.165) is 0 Å². The van der Waals surface area contributed by atoms with Gasteiger partial charge in [-0.05, 0) is 53.9 Å². The summed E-state index contributed by atoms with van der Waals surface area (Å²) in [5.41, 5.74) is -2.40. The molecule has 38 heavy (non-hydrogen) atoms. The largest absolute Gasteiger partial charge is 0.466 e. The van der Waals surface area contributed by atoms with Gasteiger partial charge in [0.05, 0.1) is 25.2 Å². The first-order valence-electron chi connectivity index (χ1n) is 13.2. The molecule has 2 saturated carbocycles. The molecular weight excluding hydrogens is 498 g/mol. The topological polar surface area (TPSA) is 169 Å². The molecule has 0 aliphatic heterocycles. The summed E-state index contributed by atoms with van der Waals surface area (Å²) in [5.74, 6) is -4.54. The number of rotatable bonds is 11. The Morgan fingerprint density at radius 1 is 0.974 bits per heavy atom. The van der Waals surface area contributed by atoms with Gasteiger partial charge in [0.1, 0.15) is 23.2 Å². The Kier molecular flexibility index (Phi) is 10.2. The number of hydrogen-bond donors (Lipinski definition) is 4. The summed E-state index contributed by atoms with van der Waals surface area (Å²) in [6.07, 6.45) is -1.61. The number of carbonyl (C=O) groups excluding carboxylic acids is 5. The van der Waals surface area contributed by atoms with Crippen LogP contribution in [-0.4, -0.2) is 77.5 Å². The van der Waals surface area contributed by atoms with Crippen LogP contribution in [0.1, 0.15) is 68.2 Å². The van der Waals surface area contributed by atoms with Crippen molar-refractivity contribution >= 4 is 29.8 Å². The fourth-order valence-electron chi connectivity index (χ4n) is 5.12. The zero-order valence-electron chi connectivity index (χ0n) is 23.6. The lowest BCUT2D eigenvalue weighted by atomic mass is 9.89. The minimum atomic E-state index is -1.64. The standard InChI is InChI=1S/C26H43N3O9/c1-9-36-22(33)18-17-16(30)12-26(19(17)18,23(34)37-10-2)29-20(31)14(5)27-21(32)15(11-13(3)4)28-24(35)38-25(6,7)8/h13-19,30H,9-12H2,1-8H3,(H,27,32)(H,28,35)(H,29,31)/t14?,15-,16-,17-,18-,19-,26-/m0/s1. The van der Waals surface area contributed by atoms with Crippen LogP contribution in [0.25, 0.3) is 0 Å². The monoisotopic (exact) mass is 541 g/mol. The van der Waals surface area contributed by atoms with Crippen molar-refractivity contribution in [3.63, 3.8) is 0 Å². The number of aliphatic hydroxyl groups excluding tert-OH is 1. The number of ether oxygens (including phenoxy) is 3. The van der Waals surface area contributed by atoms with E-state index in [1.54, 1.807) is 34.6 Å². The van der Waals surface area contributed by atoms with Crippen LogP contribution in [0.15, 0.2) is 0 Å². The Labute approximate surface area is 223 Å². The minimum Gasteiger partial charge on any atom is -0.466 e. The maximum atomic E-state index is 13.2. The number of esters is 2. The fourth-order valence-corrected chi connectivity index (χ4v) is 5.12. The van der Waals surface area contributed by atoms with Crippen LogP contribution in [0.2, 0.25) is 0 Å². The molecule has 0 aromatic heterocycles. The highest BCUT2D eigenvalue weighted by molar-refractivity contribution is 5.96. The zero-order chi connectivity index (χ0) is 29.0. The first kappa shape index (κ1) is 31.3. The van der Waals surface area contributed by atoms with Crippen LogP contribution >= 0.6 is 0 Å². The van der Waals surface area contributed by atoms with E-state index in [4.69, 9.17) is 14.2 Å². The van der Waals surface area contributed by atoms with Crippen LogP contribution in [-0.2, 0) is 33.4 Å². The van der Waals surface area contributed by atoms with Crippen molar-refractivity contribution in [3.05, 3.63) is 0 Å². The van der Waals surface area contributed by atoms with Gasteiger partial charge in [0, 0.05) is 18.3 Å². The molecule has 0 heterocycles. The number of carbonyl (C=O) groups is 5. The number of fused-ring (bicyclic) bond motifs is 1. The molecule has 3 amide bonds. The van der Waals surface area contributed by atoms with Gasteiger partial charge in [0.25, 0.3) is 0 Å². The Morgan fingerprint density at radius 3 is 2.11 bits per heavy atom. The van der Waals surface area contributed by atoms with Crippen LogP contribution in [0, 0.1) is 23.7 Å². The van der Waals surface area contributed by atoms with Gasteiger partial charge in [0.15, 0.2) is 0 Å². The molecule has 0 saturated heterocycles. The van der Waals surface area contributed by atoms with E-state index >= 15 is 0 Å². The quantitative estimate of drug-likeness (QED) is 0.220. The second kappa shape index (κ2) is 12.3. The van der Waals surface area contributed by atoms with E-state index in [0.29, 0.717) is 6.42 Å². The van der Waals surface area contributed by atoms with Crippen molar-refractivity contribution in [1.29, 1.82) is 0 Å². The summed E-state index contributed by atoms with van der Waals surface area (Å²) >= 11 is 0. The molecule has 0 aromatic rings. The van der Waals surface area contributed by atoms with Crippen molar-refractivity contribution in [2.45, 2.75) is 97.6 Å². The van der Waals surface area contributed by atoms with Crippen LogP contribution in [0.5, 0.6) is 0 Å². The first-order chi connectivity index (χ1) is 17.6. The molecule has 0 aromatic carbocycles. The summed E-state index contributed by atoms with van der Waals surface area (Å²) in [7, 11) is 0. The number of alkyl carbamates (subject to hydrolysis) is 1. The molecule has 0 spiro atoms. The van der Waals surface area contributed by atoms with Gasteiger partial charge < -0.3 is 35.3 Å². The van der Waals surface area contributed by atoms with E-state index in [2.05, 4.69) is 16.0 Å². The summed E-state index contributed by atoms with van der Waals surface area (Å²) in [6.45, 7) is 13.7. The van der Waals surface area contributed by atoms with Crippen molar-refractivity contribution in [2.75, 3.05) is 13.2 Å². The SMILES string of the molecule is CCOC(=O)[C@H]1[C@H]2[C@@H]1[C@](NC(=O)C(C)NC(=O)[C@H](CC(C)C)NC(=O)OC(C)(C)C)(C(=O)OCC)C[C@@H]2O. The van der Waals surface area contributed by atoms with Crippen molar-refractivity contribution < 1.29 is 43.3 Å². The molecule has 216 valence electrons. The molecular formula is C26H43N3O9. The second-order valence-electron chi connectivity index (χ2n) is 11.4. The van der Waals surface area contributed by atoms with Crippen molar-refractivity contribution in [1.82, 2.24) is 16.0 Å². The minimum absolute atomic E-state index is 0.0352. The van der Waals surface area contributed by atoms with Crippen LogP contribution in [0.4, 0.5) is 4.79 Å². The Balaban J connectivity index is 2.17. The van der Waals surface area contributed by atoms with E-state index in [1.807, 2.05) is 13.8 Å². The smallest absolute Gasteiger partial charge is 0.408 e. The maximum absolute atomic E-state index is 13.2. The van der Waals surface area contributed by atoms with Gasteiger partial charge >= 0.3 is 18.0 Å². The van der Waals surface area contributed by atoms with Crippen LogP contribution < -0.4 is 16.0 Å². The Morgan fingerprint density at radius 2 is 1.58 bits per heavy atom. The van der Waals surface area contributed by atoms with Gasteiger partial charge in [-0.3, -0.25) is 14.4 Å². The molecule has 12 nitrogen and oxygen atoms in total. The number of aliphatic hydroxyl groups is 1. The van der Waals surface area contributed by atoms with E-state index in [1.165, 1.54) is 6.92 Å². The molecule has 2 fully saturated rings. The third kappa shape index (κ3) is 7.36. The lowest BCUT2D eigenvalue weighted by Gasteiger charge is -2.33. The van der Waals surface area contributed by atoms with Crippen molar-refractivity contribution in [2.24, 2.45) is 23.7 Å². The Hall–Kier alpha value is -2.89. The fraction of sp³-hybridized carbons (Fsp3) is 0.808. The normalized spacial score (nSPS) is 27.4. The number of nitrogens with one attached hydrogen (secondary N) is 3. The highest BCUT2D eigenvalue weighted by Crippen LogP contribution is 2.63. The highest BCUT2D eigenvalue weighted by Gasteiger charge is 2.76. The third-order valence-corrected chi connectivity index (χ3v) is 6.63. The molecule has 7 atom stereocenters. The maximum Gasteiger partial charge on any atom is 0.408 e. The third-order valence-electron chi connectivity index (χ3n) is 6.63. The number of hydrogen-bond acceptors (Lipinski definition) is 9. The second-order valence-corrected chi connectivity index (χ2v) is 11.4. The molecule has 2 rings (SSSR count). The molecule has 12 heteroatoms. The lowest BCUT2D eigenvalue weighted by Crippen LogP contribution is -2.61. The predicted octanol–water partition coefficient (Wildman–Crippen LogP) is 1.04. The molecule has 0 bridgehead atoms. The molecule has 0 radical (unpaired) electrons. The van der Waals surface area contributed by atoms with Gasteiger partial charge in [-0.15, -0.1) is 0 Å². The number of amides is 3. The summed E-state index contributed by atoms with van der Waals surface area (Å²) in [4.78, 5) is 64.1. The molecule has 2 aliphatic rings. The van der Waals surface area contributed by atoms with Gasteiger partial charge in [-0.1, -0.05) is 13.8 Å². The van der Waals surface area contributed by atoms with E-state index in [9.17, 15) is 29.1 Å². The summed E-state index contributed by atoms with van der Waals surface area (Å²) in [5, 5.41) is 18.4. The van der Waals surface area contributed by atoms with Crippen molar-refractivity contribution in [3.8, 4) is 0 Å². The summed E-state index contributed by atoms with van der Waals surface area (Å²) in [6, 6.07) is -2.08. The average molecular weight is 542 g/mol. The van der Waals surface area contributed by atoms with Gasteiger partial charge in [-0.2, -0.15) is 0 Å². The van der Waals surface area contributed by atoms with Gasteiger partial charge in [-0.25, -0.2) is 9.59 Å². The predicted molar refractivity (Wildman–Crippen MR) is 135 cm³/mol. The average Bonchev–Trinajstić information content (AvgIpc) is 3.46. The van der Waals surface area contributed by atoms with E-state index in [-0.39, 0.29) is 25.6 Å². The summed E-state index contributed by atoms with van der Waals surface area (Å²) < 4.78 is 15.6. The van der Waals surface area contributed by atoms with Crippen LogP contribution in [0.3, 0.4) is 0 Å². The van der Waals surface area contributed by atoms with E-state index < -0.39 is 76.9 Å². The van der Waals surface area contributed by atoms with Gasteiger partial charge in [0.2, 0.25) is 11.8 Å². The molecule has 4 N–H and O–H groups in total. The zero-order valence-corrected chi connectivity index (χ0v) is 23.6. The lowest BCUT2D eigenvalue weighted by molar-refractivity contribution is -0.156. The molecule has 2 aliphatic carbocycles. The Bertz CT molecular complexity index is 916.